The second kappa shape index (κ2) is 5.93. The molecule has 5 heteroatoms. The SMILES string of the molecule is CN1CCC(CNc2cc3c(cc2N)CCC(=O)N3)CC1. The maximum Gasteiger partial charge on any atom is 0.224 e. The van der Waals surface area contributed by atoms with Crippen LogP contribution < -0.4 is 16.4 Å². The third-order valence-electron chi connectivity index (χ3n) is 4.59. The topological polar surface area (TPSA) is 70.4 Å². The van der Waals surface area contributed by atoms with Gasteiger partial charge in [-0.2, -0.15) is 0 Å². The van der Waals surface area contributed by atoms with Gasteiger partial charge in [-0.05, 0) is 63.0 Å². The minimum atomic E-state index is 0.0912. The molecule has 0 spiro atoms. The molecule has 21 heavy (non-hydrogen) atoms. The number of nitrogen functional groups attached to an aromatic ring is 1. The van der Waals surface area contributed by atoms with E-state index >= 15 is 0 Å². The molecule has 0 radical (unpaired) electrons. The van der Waals surface area contributed by atoms with E-state index in [-0.39, 0.29) is 5.91 Å². The Morgan fingerprint density at radius 3 is 2.86 bits per heavy atom. The molecule has 1 fully saturated rings. The summed E-state index contributed by atoms with van der Waals surface area (Å²) in [4.78, 5) is 13.9. The number of benzene rings is 1. The second-order valence-electron chi connectivity index (χ2n) is 6.27. The van der Waals surface area contributed by atoms with E-state index in [4.69, 9.17) is 5.73 Å². The monoisotopic (exact) mass is 288 g/mol. The Balaban J connectivity index is 1.65. The van der Waals surface area contributed by atoms with Crippen molar-refractivity contribution in [1.82, 2.24) is 4.90 Å². The first-order valence-electron chi connectivity index (χ1n) is 7.76. The minimum absolute atomic E-state index is 0.0912. The van der Waals surface area contributed by atoms with E-state index in [0.717, 1.165) is 35.6 Å². The standard InChI is InChI=1S/C16H24N4O/c1-20-6-4-11(5-7-20)10-18-15-9-14-12(8-13(15)17)2-3-16(21)19-14/h8-9,11,18H,2-7,10,17H2,1H3,(H,19,21). The Morgan fingerprint density at radius 1 is 1.33 bits per heavy atom. The van der Waals surface area contributed by atoms with Crippen molar-refractivity contribution in [3.8, 4) is 0 Å². The highest BCUT2D eigenvalue weighted by Crippen LogP contribution is 2.31. The van der Waals surface area contributed by atoms with Crippen molar-refractivity contribution in [2.45, 2.75) is 25.7 Å². The molecule has 1 aromatic carbocycles. The predicted molar refractivity (Wildman–Crippen MR) is 86.5 cm³/mol. The van der Waals surface area contributed by atoms with Crippen molar-refractivity contribution in [3.05, 3.63) is 17.7 Å². The number of piperidine rings is 1. The first kappa shape index (κ1) is 14.2. The fraction of sp³-hybridized carbons (Fsp3) is 0.562. The van der Waals surface area contributed by atoms with Crippen molar-refractivity contribution < 1.29 is 4.79 Å². The Morgan fingerprint density at radius 2 is 2.10 bits per heavy atom. The largest absolute Gasteiger partial charge is 0.397 e. The number of rotatable bonds is 3. The van der Waals surface area contributed by atoms with Gasteiger partial charge in [0.15, 0.2) is 0 Å². The number of aryl methyl sites for hydroxylation is 1. The van der Waals surface area contributed by atoms with E-state index in [9.17, 15) is 4.79 Å². The van der Waals surface area contributed by atoms with Crippen molar-refractivity contribution in [2.24, 2.45) is 5.92 Å². The van der Waals surface area contributed by atoms with Gasteiger partial charge in [0.05, 0.1) is 11.4 Å². The summed E-state index contributed by atoms with van der Waals surface area (Å²) < 4.78 is 0. The molecule has 3 rings (SSSR count). The zero-order valence-corrected chi connectivity index (χ0v) is 12.6. The maximum absolute atomic E-state index is 11.5. The lowest BCUT2D eigenvalue weighted by atomic mass is 9.96. The lowest BCUT2D eigenvalue weighted by molar-refractivity contribution is -0.116. The van der Waals surface area contributed by atoms with Crippen LogP contribution >= 0.6 is 0 Å². The zero-order valence-electron chi connectivity index (χ0n) is 12.6. The summed E-state index contributed by atoms with van der Waals surface area (Å²) in [5.74, 6) is 0.791. The van der Waals surface area contributed by atoms with E-state index < -0.39 is 0 Å². The summed E-state index contributed by atoms with van der Waals surface area (Å²) in [6.07, 6.45) is 3.78. The number of nitrogens with zero attached hydrogens (tertiary/aromatic N) is 1. The van der Waals surface area contributed by atoms with E-state index in [1.54, 1.807) is 0 Å². The molecular weight excluding hydrogens is 264 g/mol. The van der Waals surface area contributed by atoms with Crippen LogP contribution in [0.1, 0.15) is 24.8 Å². The summed E-state index contributed by atoms with van der Waals surface area (Å²) in [6, 6.07) is 3.97. The summed E-state index contributed by atoms with van der Waals surface area (Å²) in [6.45, 7) is 3.29. The quantitative estimate of drug-likeness (QED) is 0.743. The first-order chi connectivity index (χ1) is 10.1. The number of hydrogen-bond acceptors (Lipinski definition) is 4. The molecule has 0 aromatic heterocycles. The lowest BCUT2D eigenvalue weighted by Gasteiger charge is -2.29. The number of amides is 1. The van der Waals surface area contributed by atoms with Crippen LogP contribution in [0.5, 0.6) is 0 Å². The van der Waals surface area contributed by atoms with E-state index in [0.29, 0.717) is 12.3 Å². The van der Waals surface area contributed by atoms with Crippen molar-refractivity contribution in [1.29, 1.82) is 0 Å². The van der Waals surface area contributed by atoms with Gasteiger partial charge in [0, 0.05) is 18.7 Å². The molecule has 0 saturated carbocycles. The summed E-state index contributed by atoms with van der Waals surface area (Å²) in [7, 11) is 2.17. The van der Waals surface area contributed by atoms with Crippen LogP contribution in [0.4, 0.5) is 17.1 Å². The molecule has 2 heterocycles. The molecule has 1 aromatic rings. The minimum Gasteiger partial charge on any atom is -0.397 e. The first-order valence-corrected chi connectivity index (χ1v) is 7.76. The van der Waals surface area contributed by atoms with Gasteiger partial charge in [0.25, 0.3) is 0 Å². The molecule has 0 unspecified atom stereocenters. The van der Waals surface area contributed by atoms with E-state index in [1.165, 1.54) is 25.9 Å². The summed E-state index contributed by atoms with van der Waals surface area (Å²) in [5, 5.41) is 6.40. The number of fused-ring (bicyclic) bond motifs is 1. The highest BCUT2D eigenvalue weighted by atomic mass is 16.1. The molecule has 5 nitrogen and oxygen atoms in total. The number of anilines is 3. The number of likely N-dealkylation sites (tertiary alicyclic amines) is 1. The number of carbonyl (C=O) groups excluding carboxylic acids is 1. The van der Waals surface area contributed by atoms with Crippen LogP contribution in [0.15, 0.2) is 12.1 Å². The molecule has 0 atom stereocenters. The molecule has 2 aliphatic rings. The average molecular weight is 288 g/mol. The predicted octanol–water partition coefficient (Wildman–Crippen LogP) is 1.91. The molecular formula is C16H24N4O. The van der Waals surface area contributed by atoms with E-state index in [1.807, 2.05) is 12.1 Å². The number of nitrogens with one attached hydrogen (secondary N) is 2. The van der Waals surface area contributed by atoms with Gasteiger partial charge in [-0.1, -0.05) is 0 Å². The maximum atomic E-state index is 11.5. The van der Waals surface area contributed by atoms with Gasteiger partial charge in [0.1, 0.15) is 0 Å². The Hall–Kier alpha value is -1.75. The molecule has 1 amide bonds. The average Bonchev–Trinajstić information content (AvgIpc) is 2.47. The number of carbonyl (C=O) groups is 1. The molecule has 4 N–H and O–H groups in total. The molecule has 2 aliphatic heterocycles. The summed E-state index contributed by atoms with van der Waals surface area (Å²) in [5.41, 5.74) is 9.89. The van der Waals surface area contributed by atoms with Crippen molar-refractivity contribution in [2.75, 3.05) is 43.0 Å². The van der Waals surface area contributed by atoms with Gasteiger partial charge >= 0.3 is 0 Å². The molecule has 114 valence electrons. The number of nitrogens with two attached hydrogens (primary N) is 1. The van der Waals surface area contributed by atoms with Crippen LogP contribution in [0.25, 0.3) is 0 Å². The van der Waals surface area contributed by atoms with Crippen LogP contribution in [-0.2, 0) is 11.2 Å². The fourth-order valence-electron chi connectivity index (χ4n) is 3.12. The normalized spacial score (nSPS) is 20.0. The highest BCUT2D eigenvalue weighted by molar-refractivity contribution is 5.95. The van der Waals surface area contributed by atoms with Gasteiger partial charge in [-0.25, -0.2) is 0 Å². The molecule has 0 aliphatic carbocycles. The van der Waals surface area contributed by atoms with Crippen LogP contribution in [0.3, 0.4) is 0 Å². The molecule has 0 bridgehead atoms. The van der Waals surface area contributed by atoms with Gasteiger partial charge in [-0.3, -0.25) is 4.79 Å². The second-order valence-corrected chi connectivity index (χ2v) is 6.27. The van der Waals surface area contributed by atoms with Gasteiger partial charge < -0.3 is 21.3 Å². The highest BCUT2D eigenvalue weighted by Gasteiger charge is 2.19. The Bertz CT molecular complexity index is 535. The van der Waals surface area contributed by atoms with Crippen LogP contribution in [0, 0.1) is 5.92 Å². The fourth-order valence-corrected chi connectivity index (χ4v) is 3.12. The van der Waals surface area contributed by atoms with Gasteiger partial charge in [0.2, 0.25) is 5.91 Å². The third kappa shape index (κ3) is 3.29. The van der Waals surface area contributed by atoms with E-state index in [2.05, 4.69) is 22.6 Å². The van der Waals surface area contributed by atoms with Crippen LogP contribution in [-0.4, -0.2) is 37.5 Å². The Labute approximate surface area is 125 Å². The van der Waals surface area contributed by atoms with Crippen molar-refractivity contribution >= 4 is 23.0 Å². The number of hydrogen-bond donors (Lipinski definition) is 3. The molecule has 1 saturated heterocycles. The summed E-state index contributed by atoms with van der Waals surface area (Å²) >= 11 is 0. The Kier molecular flexibility index (Phi) is 4.01. The van der Waals surface area contributed by atoms with Crippen LogP contribution in [0.2, 0.25) is 0 Å². The van der Waals surface area contributed by atoms with Crippen molar-refractivity contribution in [3.63, 3.8) is 0 Å². The lowest BCUT2D eigenvalue weighted by Crippen LogP contribution is -2.33. The third-order valence-corrected chi connectivity index (χ3v) is 4.59. The smallest absolute Gasteiger partial charge is 0.224 e. The zero-order chi connectivity index (χ0) is 14.8. The van der Waals surface area contributed by atoms with Gasteiger partial charge in [-0.15, -0.1) is 0 Å².